The van der Waals surface area contributed by atoms with E-state index in [1.807, 2.05) is 37.3 Å². The molecule has 22 heavy (non-hydrogen) atoms. The summed E-state index contributed by atoms with van der Waals surface area (Å²) < 4.78 is 9.92. The van der Waals surface area contributed by atoms with E-state index >= 15 is 0 Å². The van der Waals surface area contributed by atoms with Crippen LogP contribution in [0.3, 0.4) is 0 Å². The summed E-state index contributed by atoms with van der Waals surface area (Å²) in [4.78, 5) is 23.5. The predicted octanol–water partition coefficient (Wildman–Crippen LogP) is 3.27. The average Bonchev–Trinajstić information content (AvgIpc) is 2.54. The standard InChI is InChI=1S/C17H18O5/c1-3-17(15(18)21-2)13(12-8-5-4-6-9-12)10-7-11-14(17)22-16(19)20/h4-11,14H,3H2,1-2H3,(H,19,20). The highest BCUT2D eigenvalue weighted by Gasteiger charge is 2.51. The van der Waals surface area contributed by atoms with Crippen molar-refractivity contribution in [2.45, 2.75) is 19.4 Å². The third-order valence-electron chi connectivity index (χ3n) is 3.94. The molecule has 2 rings (SSSR count). The lowest BCUT2D eigenvalue weighted by molar-refractivity contribution is -0.154. The molecule has 0 saturated heterocycles. The molecule has 5 nitrogen and oxygen atoms in total. The van der Waals surface area contributed by atoms with E-state index in [9.17, 15) is 9.59 Å². The Hall–Kier alpha value is -2.56. The third-order valence-corrected chi connectivity index (χ3v) is 3.94. The Kier molecular flexibility index (Phi) is 4.65. The number of esters is 1. The second-order valence-corrected chi connectivity index (χ2v) is 4.95. The summed E-state index contributed by atoms with van der Waals surface area (Å²) in [6.45, 7) is 1.81. The second kappa shape index (κ2) is 6.47. The Bertz CT molecular complexity index is 617. The van der Waals surface area contributed by atoms with Crippen LogP contribution < -0.4 is 0 Å². The summed E-state index contributed by atoms with van der Waals surface area (Å²) in [6.07, 6.45) is 3.07. The van der Waals surface area contributed by atoms with Crippen LogP contribution in [0.5, 0.6) is 0 Å². The topological polar surface area (TPSA) is 72.8 Å². The lowest BCUT2D eigenvalue weighted by atomic mass is 9.68. The fourth-order valence-electron chi connectivity index (χ4n) is 2.88. The van der Waals surface area contributed by atoms with Gasteiger partial charge in [0.2, 0.25) is 0 Å². The van der Waals surface area contributed by atoms with E-state index < -0.39 is 23.6 Å². The first-order chi connectivity index (χ1) is 10.6. The highest BCUT2D eigenvalue weighted by Crippen LogP contribution is 2.46. The fourth-order valence-corrected chi connectivity index (χ4v) is 2.88. The van der Waals surface area contributed by atoms with Crippen LogP contribution in [0.15, 0.2) is 48.6 Å². The minimum atomic E-state index is -1.43. The van der Waals surface area contributed by atoms with E-state index in [0.717, 1.165) is 5.56 Å². The average molecular weight is 302 g/mol. The van der Waals surface area contributed by atoms with Crippen LogP contribution in [0.1, 0.15) is 18.9 Å². The van der Waals surface area contributed by atoms with Crippen molar-refractivity contribution in [3.63, 3.8) is 0 Å². The van der Waals surface area contributed by atoms with Crippen molar-refractivity contribution in [1.29, 1.82) is 0 Å². The van der Waals surface area contributed by atoms with Crippen molar-refractivity contribution in [2.75, 3.05) is 7.11 Å². The van der Waals surface area contributed by atoms with E-state index in [4.69, 9.17) is 14.6 Å². The minimum Gasteiger partial charge on any atom is -0.468 e. The molecule has 2 unspecified atom stereocenters. The largest absolute Gasteiger partial charge is 0.506 e. The van der Waals surface area contributed by atoms with E-state index in [1.54, 1.807) is 18.2 Å². The molecular formula is C17H18O5. The summed E-state index contributed by atoms with van der Waals surface area (Å²) in [7, 11) is 1.29. The molecule has 2 atom stereocenters. The van der Waals surface area contributed by atoms with E-state index in [1.165, 1.54) is 7.11 Å². The molecule has 0 heterocycles. The highest BCUT2D eigenvalue weighted by molar-refractivity contribution is 5.95. The van der Waals surface area contributed by atoms with Gasteiger partial charge in [-0.05, 0) is 23.6 Å². The number of carboxylic acid groups (broad SMARTS) is 1. The molecule has 1 N–H and O–H groups in total. The Morgan fingerprint density at radius 2 is 1.95 bits per heavy atom. The van der Waals surface area contributed by atoms with Crippen LogP contribution >= 0.6 is 0 Å². The first-order valence-electron chi connectivity index (χ1n) is 6.98. The zero-order chi connectivity index (χ0) is 16.2. The lowest BCUT2D eigenvalue weighted by Crippen LogP contribution is -2.46. The summed E-state index contributed by atoms with van der Waals surface area (Å²) in [5.41, 5.74) is 0.331. The van der Waals surface area contributed by atoms with Crippen molar-refractivity contribution in [3.8, 4) is 0 Å². The molecule has 1 aliphatic rings. The van der Waals surface area contributed by atoms with Crippen LogP contribution in [0.25, 0.3) is 5.57 Å². The number of hydrogen-bond donors (Lipinski definition) is 1. The maximum absolute atomic E-state index is 12.5. The van der Waals surface area contributed by atoms with Crippen LogP contribution in [-0.2, 0) is 14.3 Å². The Morgan fingerprint density at radius 1 is 1.27 bits per heavy atom. The van der Waals surface area contributed by atoms with E-state index in [2.05, 4.69) is 0 Å². The van der Waals surface area contributed by atoms with E-state index in [0.29, 0.717) is 12.0 Å². The minimum absolute atomic E-state index is 0.350. The van der Waals surface area contributed by atoms with Gasteiger partial charge in [-0.25, -0.2) is 4.79 Å². The lowest BCUT2D eigenvalue weighted by Gasteiger charge is -2.38. The maximum atomic E-state index is 12.5. The smallest absolute Gasteiger partial charge is 0.468 e. The monoisotopic (exact) mass is 302 g/mol. The molecule has 0 radical (unpaired) electrons. The number of carbonyl (C=O) groups is 2. The van der Waals surface area contributed by atoms with Crippen molar-refractivity contribution in [2.24, 2.45) is 5.41 Å². The quantitative estimate of drug-likeness (QED) is 0.864. The summed E-state index contributed by atoms with van der Waals surface area (Å²) >= 11 is 0. The maximum Gasteiger partial charge on any atom is 0.506 e. The Morgan fingerprint density at radius 3 is 2.50 bits per heavy atom. The molecule has 0 bridgehead atoms. The zero-order valence-electron chi connectivity index (χ0n) is 12.5. The molecule has 1 aliphatic carbocycles. The van der Waals surface area contributed by atoms with Gasteiger partial charge in [0.25, 0.3) is 0 Å². The van der Waals surface area contributed by atoms with Crippen molar-refractivity contribution >= 4 is 17.7 Å². The highest BCUT2D eigenvalue weighted by atomic mass is 16.7. The van der Waals surface area contributed by atoms with Crippen LogP contribution in [0, 0.1) is 5.41 Å². The van der Waals surface area contributed by atoms with Gasteiger partial charge in [0, 0.05) is 0 Å². The molecule has 0 spiro atoms. The van der Waals surface area contributed by atoms with Crippen molar-refractivity contribution < 1.29 is 24.2 Å². The molecule has 1 aromatic rings. The van der Waals surface area contributed by atoms with E-state index in [-0.39, 0.29) is 0 Å². The zero-order valence-corrected chi connectivity index (χ0v) is 12.5. The van der Waals surface area contributed by atoms with Gasteiger partial charge >= 0.3 is 12.1 Å². The molecule has 1 aromatic carbocycles. The number of rotatable bonds is 4. The van der Waals surface area contributed by atoms with Gasteiger partial charge in [-0.3, -0.25) is 4.79 Å². The number of allylic oxidation sites excluding steroid dienone is 2. The van der Waals surface area contributed by atoms with Crippen LogP contribution in [-0.4, -0.2) is 30.4 Å². The van der Waals surface area contributed by atoms with Gasteiger partial charge in [0.05, 0.1) is 7.11 Å². The number of carbonyl (C=O) groups excluding carboxylic acids is 1. The second-order valence-electron chi connectivity index (χ2n) is 4.95. The SMILES string of the molecule is CCC1(C(=O)OC)C(c2ccccc2)=CC=CC1OC(=O)O. The molecule has 5 heteroatoms. The first-order valence-corrected chi connectivity index (χ1v) is 6.98. The summed E-state index contributed by atoms with van der Waals surface area (Å²) in [5.74, 6) is -0.513. The van der Waals surface area contributed by atoms with Gasteiger partial charge < -0.3 is 14.6 Å². The fraction of sp³-hybridized carbons (Fsp3) is 0.294. The molecule has 0 aromatic heterocycles. The van der Waals surface area contributed by atoms with Crippen molar-refractivity contribution in [1.82, 2.24) is 0 Å². The summed E-state index contributed by atoms with van der Waals surface area (Å²) in [6, 6.07) is 9.34. The predicted molar refractivity (Wildman–Crippen MR) is 81.2 cm³/mol. The molecule has 0 saturated carbocycles. The molecule has 0 fully saturated rings. The van der Waals surface area contributed by atoms with Gasteiger partial charge in [0.1, 0.15) is 11.5 Å². The van der Waals surface area contributed by atoms with Gasteiger partial charge in [-0.1, -0.05) is 49.4 Å². The van der Waals surface area contributed by atoms with Crippen LogP contribution in [0.2, 0.25) is 0 Å². The van der Waals surface area contributed by atoms with Gasteiger partial charge in [-0.15, -0.1) is 0 Å². The molecule has 0 aliphatic heterocycles. The van der Waals surface area contributed by atoms with Crippen molar-refractivity contribution in [3.05, 3.63) is 54.1 Å². The number of benzene rings is 1. The number of ether oxygens (including phenoxy) is 2. The third kappa shape index (κ3) is 2.62. The molecular weight excluding hydrogens is 284 g/mol. The number of hydrogen-bond acceptors (Lipinski definition) is 4. The van der Waals surface area contributed by atoms with Crippen LogP contribution in [0.4, 0.5) is 4.79 Å². The summed E-state index contributed by atoms with van der Waals surface area (Å²) in [5, 5.41) is 8.98. The van der Waals surface area contributed by atoms with Gasteiger partial charge in [0.15, 0.2) is 0 Å². The Labute approximate surface area is 128 Å². The normalized spacial score (nSPS) is 23.5. The number of methoxy groups -OCH3 is 1. The molecule has 0 amide bonds. The van der Waals surface area contributed by atoms with Gasteiger partial charge in [-0.2, -0.15) is 0 Å². The molecule has 116 valence electrons. The first kappa shape index (κ1) is 15.8. The Balaban J connectivity index is 2.59.